The maximum Gasteiger partial charge on any atom is 0.255 e. The van der Waals surface area contributed by atoms with Gasteiger partial charge in [0.05, 0.1) is 6.10 Å². The number of halogens is 4. The highest BCUT2D eigenvalue weighted by atomic mass is 19.2. The van der Waals surface area contributed by atoms with E-state index in [-0.39, 0.29) is 0 Å². The van der Waals surface area contributed by atoms with E-state index in [1.165, 1.54) is 0 Å². The van der Waals surface area contributed by atoms with Gasteiger partial charge in [0.2, 0.25) is 17.4 Å². The molecule has 19 heavy (non-hydrogen) atoms. The minimum atomic E-state index is -1.68. The van der Waals surface area contributed by atoms with Crippen LogP contribution in [0.2, 0.25) is 0 Å². The maximum absolute atomic E-state index is 13.4. The van der Waals surface area contributed by atoms with Crippen molar-refractivity contribution in [1.29, 1.82) is 0 Å². The van der Waals surface area contributed by atoms with Crippen LogP contribution in [0.4, 0.5) is 17.6 Å². The number of aromatic nitrogens is 1. The van der Waals surface area contributed by atoms with Crippen LogP contribution in [0.3, 0.4) is 0 Å². The van der Waals surface area contributed by atoms with Gasteiger partial charge >= 0.3 is 0 Å². The molecular weight excluding hydrogens is 262 g/mol. The Kier molecular flexibility index (Phi) is 4.27. The molecule has 2 rings (SSSR count). The highest BCUT2D eigenvalue weighted by Crippen LogP contribution is 2.32. The number of nitrogens with zero attached hydrogens (tertiary/aromatic N) is 1. The average Bonchev–Trinajstić information content (AvgIpc) is 2.41. The van der Waals surface area contributed by atoms with Crippen LogP contribution < -0.4 is 4.74 Å². The number of hydrogen-bond acceptors (Lipinski definition) is 2. The smallest absolute Gasteiger partial charge is 0.255 e. The second kappa shape index (κ2) is 5.75. The lowest BCUT2D eigenvalue weighted by atomic mass is 9.85. The van der Waals surface area contributed by atoms with E-state index >= 15 is 0 Å². The molecule has 0 bridgehead atoms. The maximum atomic E-state index is 13.4. The van der Waals surface area contributed by atoms with Gasteiger partial charge in [0.15, 0.2) is 0 Å². The predicted molar refractivity (Wildman–Crippen MR) is 60.7 cm³/mol. The third kappa shape index (κ3) is 2.98. The molecule has 2 atom stereocenters. The summed E-state index contributed by atoms with van der Waals surface area (Å²) in [6.07, 6.45) is 3.72. The van der Waals surface area contributed by atoms with E-state index in [0.29, 0.717) is 18.8 Å². The third-order valence-corrected chi connectivity index (χ3v) is 3.55. The summed E-state index contributed by atoms with van der Waals surface area (Å²) in [7, 11) is 0. The molecule has 1 aliphatic carbocycles. The number of pyridine rings is 1. The van der Waals surface area contributed by atoms with Crippen LogP contribution in [0.5, 0.6) is 5.75 Å². The molecule has 106 valence electrons. The first-order valence-electron chi connectivity index (χ1n) is 6.39. The van der Waals surface area contributed by atoms with Crippen molar-refractivity contribution in [1.82, 2.24) is 4.98 Å². The molecule has 2 unspecified atom stereocenters. The standard InChI is InChI=1S/C13H15F4NO/c1-2-7-4-3-5-8(6-7)19-11-9(14)12(16)18-13(17)10(11)15/h7-8H,2-6H2,1H3. The van der Waals surface area contributed by atoms with E-state index in [1.807, 2.05) is 6.92 Å². The van der Waals surface area contributed by atoms with Crippen LogP contribution in [0.25, 0.3) is 0 Å². The van der Waals surface area contributed by atoms with E-state index < -0.39 is 35.4 Å². The Balaban J connectivity index is 2.19. The Morgan fingerprint density at radius 3 is 2.32 bits per heavy atom. The van der Waals surface area contributed by atoms with E-state index in [4.69, 9.17) is 4.74 Å². The Hall–Kier alpha value is -1.33. The molecule has 0 saturated heterocycles. The third-order valence-electron chi connectivity index (χ3n) is 3.55. The topological polar surface area (TPSA) is 22.1 Å². The van der Waals surface area contributed by atoms with Gasteiger partial charge in [-0.05, 0) is 25.2 Å². The summed E-state index contributed by atoms with van der Waals surface area (Å²) in [5.41, 5.74) is 0. The highest BCUT2D eigenvalue weighted by Gasteiger charge is 2.28. The average molecular weight is 277 g/mol. The van der Waals surface area contributed by atoms with Gasteiger partial charge < -0.3 is 4.74 Å². The van der Waals surface area contributed by atoms with Gasteiger partial charge in [0.1, 0.15) is 0 Å². The molecule has 0 N–H and O–H groups in total. The van der Waals surface area contributed by atoms with Crippen LogP contribution in [-0.4, -0.2) is 11.1 Å². The van der Waals surface area contributed by atoms with Crippen molar-refractivity contribution >= 4 is 0 Å². The van der Waals surface area contributed by atoms with Crippen LogP contribution in [0.15, 0.2) is 0 Å². The molecule has 0 aliphatic heterocycles. The molecule has 2 nitrogen and oxygen atoms in total. The summed E-state index contributed by atoms with van der Waals surface area (Å²) >= 11 is 0. The molecule has 1 saturated carbocycles. The molecule has 0 spiro atoms. The van der Waals surface area contributed by atoms with E-state index in [9.17, 15) is 17.6 Å². The number of hydrogen-bond donors (Lipinski definition) is 0. The molecular formula is C13H15F4NO. The zero-order chi connectivity index (χ0) is 14.0. The summed E-state index contributed by atoms with van der Waals surface area (Å²) in [6.45, 7) is 2.03. The number of ether oxygens (including phenoxy) is 1. The second-order valence-electron chi connectivity index (χ2n) is 4.83. The normalized spacial score (nSPS) is 23.4. The summed E-state index contributed by atoms with van der Waals surface area (Å²) in [5.74, 6) is -7.09. The van der Waals surface area contributed by atoms with Crippen LogP contribution in [0.1, 0.15) is 39.0 Å². The Morgan fingerprint density at radius 1 is 1.11 bits per heavy atom. The van der Waals surface area contributed by atoms with Crippen molar-refractivity contribution in [2.24, 2.45) is 5.92 Å². The molecule has 6 heteroatoms. The van der Waals surface area contributed by atoms with E-state index in [1.54, 1.807) is 0 Å². The SMILES string of the molecule is CCC1CCCC(Oc2c(F)c(F)nc(F)c2F)C1. The van der Waals surface area contributed by atoms with Crippen molar-refractivity contribution in [3.63, 3.8) is 0 Å². The van der Waals surface area contributed by atoms with Gasteiger partial charge in [-0.25, -0.2) is 0 Å². The zero-order valence-corrected chi connectivity index (χ0v) is 10.6. The van der Waals surface area contributed by atoms with Gasteiger partial charge in [-0.3, -0.25) is 0 Å². The molecule has 0 amide bonds. The molecule has 1 heterocycles. The zero-order valence-electron chi connectivity index (χ0n) is 10.6. The monoisotopic (exact) mass is 277 g/mol. The molecule has 1 aromatic heterocycles. The van der Waals surface area contributed by atoms with Gasteiger partial charge in [0.25, 0.3) is 11.9 Å². The fourth-order valence-electron chi connectivity index (χ4n) is 2.46. The van der Waals surface area contributed by atoms with Crippen molar-refractivity contribution in [2.45, 2.75) is 45.1 Å². The van der Waals surface area contributed by atoms with Gasteiger partial charge in [-0.1, -0.05) is 19.8 Å². The van der Waals surface area contributed by atoms with E-state index in [0.717, 1.165) is 19.3 Å². The second-order valence-corrected chi connectivity index (χ2v) is 4.83. The summed E-state index contributed by atoms with van der Waals surface area (Å²) in [5, 5.41) is 0. The first kappa shape index (κ1) is 14.1. The molecule has 1 aromatic rings. The van der Waals surface area contributed by atoms with Gasteiger partial charge in [0, 0.05) is 0 Å². The first-order chi connectivity index (χ1) is 9.02. The van der Waals surface area contributed by atoms with Crippen LogP contribution in [0, 0.1) is 29.4 Å². The van der Waals surface area contributed by atoms with Crippen molar-refractivity contribution < 1.29 is 22.3 Å². The summed E-state index contributed by atoms with van der Waals surface area (Å²) in [6, 6.07) is 0. The van der Waals surface area contributed by atoms with Crippen LogP contribution >= 0.6 is 0 Å². The largest absolute Gasteiger partial charge is 0.484 e. The Morgan fingerprint density at radius 2 is 1.74 bits per heavy atom. The van der Waals surface area contributed by atoms with Crippen LogP contribution in [-0.2, 0) is 0 Å². The Labute approximate surface area is 108 Å². The molecule has 0 radical (unpaired) electrons. The lowest BCUT2D eigenvalue weighted by molar-refractivity contribution is 0.109. The highest BCUT2D eigenvalue weighted by molar-refractivity contribution is 5.24. The lowest BCUT2D eigenvalue weighted by Gasteiger charge is -2.29. The van der Waals surface area contributed by atoms with E-state index in [2.05, 4.69) is 4.98 Å². The molecule has 0 aromatic carbocycles. The fourth-order valence-corrected chi connectivity index (χ4v) is 2.46. The van der Waals surface area contributed by atoms with Gasteiger partial charge in [-0.2, -0.15) is 22.5 Å². The summed E-state index contributed by atoms with van der Waals surface area (Å²) in [4.78, 5) is 2.49. The van der Waals surface area contributed by atoms with Crippen molar-refractivity contribution in [3.05, 3.63) is 23.5 Å². The minimum Gasteiger partial charge on any atom is -0.484 e. The molecule has 1 aliphatic rings. The predicted octanol–water partition coefficient (Wildman–Crippen LogP) is 3.99. The molecule has 1 fully saturated rings. The number of rotatable bonds is 3. The summed E-state index contributed by atoms with van der Waals surface area (Å²) < 4.78 is 57.8. The minimum absolute atomic E-state index is 0.413. The van der Waals surface area contributed by atoms with Crippen molar-refractivity contribution in [2.75, 3.05) is 0 Å². The van der Waals surface area contributed by atoms with Crippen molar-refractivity contribution in [3.8, 4) is 5.75 Å². The lowest BCUT2D eigenvalue weighted by Crippen LogP contribution is -2.26. The Bertz CT molecular complexity index is 440. The van der Waals surface area contributed by atoms with Gasteiger partial charge in [-0.15, -0.1) is 0 Å². The fraction of sp³-hybridized carbons (Fsp3) is 0.615. The first-order valence-corrected chi connectivity index (χ1v) is 6.39. The quantitative estimate of drug-likeness (QED) is 0.615.